The van der Waals surface area contributed by atoms with Crippen LogP contribution in [0.15, 0.2) is 22.7 Å². The van der Waals surface area contributed by atoms with Gasteiger partial charge in [0.05, 0.1) is 11.4 Å². The van der Waals surface area contributed by atoms with Crippen LogP contribution in [0, 0.1) is 0 Å². The van der Waals surface area contributed by atoms with Gasteiger partial charge in [0, 0.05) is 12.5 Å². The van der Waals surface area contributed by atoms with E-state index < -0.39 is 5.60 Å². The van der Waals surface area contributed by atoms with Crippen LogP contribution in [0.25, 0.3) is 0 Å². The van der Waals surface area contributed by atoms with Crippen molar-refractivity contribution in [3.63, 3.8) is 0 Å². The van der Waals surface area contributed by atoms with Crippen LogP contribution < -0.4 is 10.6 Å². The Morgan fingerprint density at radius 2 is 2.29 bits per heavy atom. The van der Waals surface area contributed by atoms with Gasteiger partial charge in [0.15, 0.2) is 0 Å². The molecule has 2 N–H and O–H groups in total. The maximum absolute atomic E-state index is 12.2. The van der Waals surface area contributed by atoms with E-state index in [0.717, 1.165) is 10.6 Å². The monoisotopic (exact) mass is 309 g/mol. The summed E-state index contributed by atoms with van der Waals surface area (Å²) in [6.07, 6.45) is 0.394. The number of thiophene rings is 1. The van der Waals surface area contributed by atoms with Crippen LogP contribution in [-0.2, 0) is 14.4 Å². The highest BCUT2D eigenvalue weighted by molar-refractivity contribution is 7.12. The van der Waals surface area contributed by atoms with Crippen molar-refractivity contribution in [1.29, 1.82) is 0 Å². The Morgan fingerprint density at radius 3 is 2.90 bits per heavy atom. The lowest BCUT2D eigenvalue weighted by Gasteiger charge is -2.20. The zero-order valence-electron chi connectivity index (χ0n) is 12.3. The second kappa shape index (κ2) is 6.26. The molecule has 0 aromatic carbocycles. The number of carbonyl (C=O) groups is 2. The topological polar surface area (TPSA) is 79.8 Å². The number of amides is 2. The van der Waals surface area contributed by atoms with Crippen molar-refractivity contribution in [2.75, 3.05) is 6.54 Å². The fourth-order valence-corrected chi connectivity index (χ4v) is 2.66. The molecular weight excluding hydrogens is 290 g/mol. The van der Waals surface area contributed by atoms with Crippen molar-refractivity contribution in [1.82, 2.24) is 10.6 Å². The smallest absolute Gasteiger partial charge is 0.267 e. The maximum atomic E-state index is 12.2. The Bertz CT molecular complexity index is 554. The molecule has 2 rings (SSSR count). The summed E-state index contributed by atoms with van der Waals surface area (Å²) in [7, 11) is 0. The van der Waals surface area contributed by atoms with Crippen molar-refractivity contribution < 1.29 is 14.4 Å². The highest BCUT2D eigenvalue weighted by Crippen LogP contribution is 2.28. The number of carbonyl (C=O) groups excluding carboxylic acids is 2. The molecular formula is C14H19N3O3S. The molecule has 2 heterocycles. The fourth-order valence-electron chi connectivity index (χ4n) is 1.96. The molecule has 1 aliphatic rings. The molecule has 0 radical (unpaired) electrons. The molecule has 0 saturated carbocycles. The average Bonchev–Trinajstić information content (AvgIpc) is 3.04. The Morgan fingerprint density at radius 1 is 1.52 bits per heavy atom. The zero-order chi connectivity index (χ0) is 15.5. The zero-order valence-corrected chi connectivity index (χ0v) is 13.1. The molecule has 0 saturated heterocycles. The first-order valence-corrected chi connectivity index (χ1v) is 7.65. The van der Waals surface area contributed by atoms with Crippen LogP contribution >= 0.6 is 11.3 Å². The van der Waals surface area contributed by atoms with Crippen molar-refractivity contribution in [3.05, 3.63) is 22.4 Å². The van der Waals surface area contributed by atoms with Gasteiger partial charge in [0.1, 0.15) is 5.71 Å². The standard InChI is InChI=1S/C14H19N3O3S/c1-9(2)16-12(18)8-15-13(19)14(3)7-10(17-20-14)11-5-4-6-21-11/h4-6,9H,7-8H2,1-3H3,(H,15,19)(H,16,18)/t14-/m1/s1. The number of rotatable bonds is 5. The van der Waals surface area contributed by atoms with E-state index in [9.17, 15) is 9.59 Å². The van der Waals surface area contributed by atoms with E-state index in [4.69, 9.17) is 4.84 Å². The lowest BCUT2D eigenvalue weighted by Crippen LogP contribution is -2.48. The van der Waals surface area contributed by atoms with Gasteiger partial charge in [-0.1, -0.05) is 11.2 Å². The third-order valence-electron chi connectivity index (χ3n) is 3.01. The predicted octanol–water partition coefficient (Wildman–Crippen LogP) is 1.27. The minimum atomic E-state index is -1.06. The van der Waals surface area contributed by atoms with Crippen molar-refractivity contribution in [2.45, 2.75) is 38.8 Å². The summed E-state index contributed by atoms with van der Waals surface area (Å²) in [6.45, 7) is 5.33. The number of nitrogens with zero attached hydrogens (tertiary/aromatic N) is 1. The molecule has 1 atom stereocenters. The van der Waals surface area contributed by atoms with E-state index in [1.54, 1.807) is 18.3 Å². The highest BCUT2D eigenvalue weighted by atomic mass is 32.1. The van der Waals surface area contributed by atoms with Crippen LogP contribution in [0.4, 0.5) is 0 Å². The van der Waals surface area contributed by atoms with Gasteiger partial charge in [-0.25, -0.2) is 0 Å². The molecule has 1 aromatic rings. The molecule has 2 amide bonds. The Kier molecular flexibility index (Phi) is 4.62. The molecule has 0 fully saturated rings. The van der Waals surface area contributed by atoms with Crippen LogP contribution in [0.5, 0.6) is 0 Å². The van der Waals surface area contributed by atoms with Gasteiger partial charge in [-0.2, -0.15) is 0 Å². The SMILES string of the molecule is CC(C)NC(=O)CNC(=O)[C@@]1(C)CC(c2cccs2)=NO1. The Balaban J connectivity index is 1.88. The average molecular weight is 309 g/mol. The number of hydrogen-bond donors (Lipinski definition) is 2. The van der Waals surface area contributed by atoms with Gasteiger partial charge in [-0.15, -0.1) is 11.3 Å². The van der Waals surface area contributed by atoms with Gasteiger partial charge < -0.3 is 15.5 Å². The summed E-state index contributed by atoms with van der Waals surface area (Å²) in [5.41, 5.74) is -0.300. The molecule has 1 aliphatic heterocycles. The van der Waals surface area contributed by atoms with Crippen molar-refractivity contribution in [3.8, 4) is 0 Å². The fraction of sp³-hybridized carbons (Fsp3) is 0.500. The number of nitrogens with one attached hydrogen (secondary N) is 2. The van der Waals surface area contributed by atoms with Crippen molar-refractivity contribution >= 4 is 28.9 Å². The van der Waals surface area contributed by atoms with Gasteiger partial charge in [0.25, 0.3) is 5.91 Å². The first-order chi connectivity index (χ1) is 9.90. The molecule has 0 bridgehead atoms. The molecule has 0 spiro atoms. The lowest BCUT2D eigenvalue weighted by molar-refractivity contribution is -0.142. The highest BCUT2D eigenvalue weighted by Gasteiger charge is 2.42. The Labute approximate surface area is 127 Å². The molecule has 0 aliphatic carbocycles. The van der Waals surface area contributed by atoms with E-state index in [0.29, 0.717) is 6.42 Å². The van der Waals surface area contributed by atoms with E-state index in [1.165, 1.54) is 0 Å². The van der Waals surface area contributed by atoms with E-state index in [2.05, 4.69) is 15.8 Å². The van der Waals surface area contributed by atoms with E-state index in [1.807, 2.05) is 31.4 Å². The third kappa shape index (κ3) is 3.81. The molecule has 1 aromatic heterocycles. The quantitative estimate of drug-likeness (QED) is 0.859. The molecule has 21 heavy (non-hydrogen) atoms. The second-order valence-electron chi connectivity index (χ2n) is 5.42. The summed E-state index contributed by atoms with van der Waals surface area (Å²) < 4.78 is 0. The summed E-state index contributed by atoms with van der Waals surface area (Å²) >= 11 is 1.55. The summed E-state index contributed by atoms with van der Waals surface area (Å²) in [5.74, 6) is -0.559. The molecule has 114 valence electrons. The molecule has 7 heteroatoms. The van der Waals surface area contributed by atoms with E-state index in [-0.39, 0.29) is 24.4 Å². The van der Waals surface area contributed by atoms with E-state index >= 15 is 0 Å². The number of hydrogen-bond acceptors (Lipinski definition) is 5. The molecule has 0 unspecified atom stereocenters. The van der Waals surface area contributed by atoms with Crippen LogP contribution in [0.3, 0.4) is 0 Å². The summed E-state index contributed by atoms with van der Waals surface area (Å²) in [5, 5.41) is 11.2. The third-order valence-corrected chi connectivity index (χ3v) is 3.93. The summed E-state index contributed by atoms with van der Waals surface area (Å²) in [4.78, 5) is 30.0. The van der Waals surface area contributed by atoms with Crippen LogP contribution in [-0.4, -0.2) is 35.7 Å². The largest absolute Gasteiger partial charge is 0.379 e. The van der Waals surface area contributed by atoms with Gasteiger partial charge in [0.2, 0.25) is 11.5 Å². The Hall–Kier alpha value is -1.89. The van der Waals surface area contributed by atoms with Gasteiger partial charge in [-0.3, -0.25) is 9.59 Å². The normalized spacial score (nSPS) is 20.9. The van der Waals surface area contributed by atoms with Gasteiger partial charge >= 0.3 is 0 Å². The maximum Gasteiger partial charge on any atom is 0.267 e. The second-order valence-corrected chi connectivity index (χ2v) is 6.37. The van der Waals surface area contributed by atoms with Crippen LogP contribution in [0.2, 0.25) is 0 Å². The van der Waals surface area contributed by atoms with Crippen molar-refractivity contribution in [2.24, 2.45) is 5.16 Å². The first kappa shape index (κ1) is 15.5. The minimum Gasteiger partial charge on any atom is -0.379 e. The number of oxime groups is 1. The minimum absolute atomic E-state index is 0.0430. The summed E-state index contributed by atoms with van der Waals surface area (Å²) in [6, 6.07) is 3.91. The predicted molar refractivity (Wildman–Crippen MR) is 81.3 cm³/mol. The van der Waals surface area contributed by atoms with Gasteiger partial charge in [-0.05, 0) is 32.2 Å². The first-order valence-electron chi connectivity index (χ1n) is 6.77. The lowest BCUT2D eigenvalue weighted by atomic mass is 9.98. The van der Waals surface area contributed by atoms with Crippen LogP contribution in [0.1, 0.15) is 32.1 Å². The molecule has 6 nitrogen and oxygen atoms in total.